The van der Waals surface area contributed by atoms with Crippen LogP contribution in [0.5, 0.6) is 0 Å². The molecule has 1 aromatic rings. The molecule has 0 saturated carbocycles. The summed E-state index contributed by atoms with van der Waals surface area (Å²) in [6, 6.07) is 1.80. The Labute approximate surface area is 126 Å². The molecule has 7 heteroatoms. The molecule has 0 unspecified atom stereocenters. The lowest BCUT2D eigenvalue weighted by Gasteiger charge is -2.24. The lowest BCUT2D eigenvalue weighted by Crippen LogP contribution is -2.35. The Kier molecular flexibility index (Phi) is 3.99. The van der Waals surface area contributed by atoms with Gasteiger partial charge in [0.2, 0.25) is 0 Å². The lowest BCUT2D eigenvalue weighted by molar-refractivity contribution is 0.0306. The third-order valence-corrected chi connectivity index (χ3v) is 3.10. The van der Waals surface area contributed by atoms with Crippen LogP contribution in [-0.4, -0.2) is 39.9 Å². The molecule has 20 heavy (non-hydrogen) atoms. The topological polar surface area (TPSA) is 81.3 Å². The van der Waals surface area contributed by atoms with E-state index in [1.165, 1.54) is 0 Å². The molecule has 0 atom stereocenters. The number of carbonyl (C=O) groups excluding carboxylic acids is 1. The van der Waals surface area contributed by atoms with E-state index in [0.717, 1.165) is 11.1 Å². The Morgan fingerprint density at radius 1 is 1.45 bits per heavy atom. The normalized spacial score (nSPS) is 15.2. The van der Waals surface area contributed by atoms with Gasteiger partial charge in [-0.15, -0.1) is 10.2 Å². The van der Waals surface area contributed by atoms with Gasteiger partial charge < -0.3 is 15.4 Å². The molecule has 0 aromatic carbocycles. The number of rotatable bonds is 1. The summed E-state index contributed by atoms with van der Waals surface area (Å²) in [4.78, 5) is 13.6. The van der Waals surface area contributed by atoms with Gasteiger partial charge in [0.15, 0.2) is 5.82 Å². The molecule has 0 bridgehead atoms. The average molecular weight is 341 g/mol. The van der Waals surface area contributed by atoms with E-state index in [1.807, 2.05) is 26.8 Å². The van der Waals surface area contributed by atoms with Crippen molar-refractivity contribution in [2.24, 2.45) is 0 Å². The van der Waals surface area contributed by atoms with Gasteiger partial charge in [-0.1, -0.05) is 6.08 Å². The molecule has 0 spiro atoms. The second-order valence-electron chi connectivity index (χ2n) is 5.56. The molecular weight excluding hydrogens is 324 g/mol. The molecule has 1 aromatic heterocycles. The number of halogens is 1. The third-order valence-electron chi connectivity index (χ3n) is 2.71. The molecule has 6 nitrogen and oxygen atoms in total. The van der Waals surface area contributed by atoms with Gasteiger partial charge in [-0.05, 0) is 48.3 Å². The van der Waals surface area contributed by atoms with Crippen molar-refractivity contribution < 1.29 is 9.53 Å². The standard InChI is InChI=1S/C13H17BrN4O2/c1-13(2,3)20-12(19)18-5-4-8(7-18)9-6-10(14)16-17-11(9)15/h4,6H,5,7H2,1-3H3,(H2,15,17). The summed E-state index contributed by atoms with van der Waals surface area (Å²) in [5.41, 5.74) is 7.06. The summed E-state index contributed by atoms with van der Waals surface area (Å²) in [5.74, 6) is 0.352. The number of anilines is 1. The molecule has 1 aliphatic rings. The summed E-state index contributed by atoms with van der Waals surface area (Å²) < 4.78 is 5.95. The van der Waals surface area contributed by atoms with Crippen molar-refractivity contribution in [2.45, 2.75) is 26.4 Å². The molecule has 0 aliphatic carbocycles. The number of nitrogens with two attached hydrogens (primary N) is 1. The van der Waals surface area contributed by atoms with Gasteiger partial charge in [-0.2, -0.15) is 0 Å². The number of amides is 1. The van der Waals surface area contributed by atoms with E-state index in [4.69, 9.17) is 10.5 Å². The van der Waals surface area contributed by atoms with E-state index in [-0.39, 0.29) is 6.09 Å². The number of hydrogen-bond donors (Lipinski definition) is 1. The maximum atomic E-state index is 12.0. The van der Waals surface area contributed by atoms with Crippen LogP contribution in [0.25, 0.3) is 5.57 Å². The number of nitrogens with zero attached hydrogens (tertiary/aromatic N) is 3. The molecule has 108 valence electrons. The maximum Gasteiger partial charge on any atom is 0.410 e. The van der Waals surface area contributed by atoms with Gasteiger partial charge in [0, 0.05) is 18.7 Å². The Morgan fingerprint density at radius 2 is 2.15 bits per heavy atom. The fourth-order valence-corrected chi connectivity index (χ4v) is 2.16. The molecule has 0 saturated heterocycles. The SMILES string of the molecule is CC(C)(C)OC(=O)N1CC=C(c2cc(Br)nnc2N)C1. The molecular formula is C13H17BrN4O2. The van der Waals surface area contributed by atoms with Crippen molar-refractivity contribution in [2.75, 3.05) is 18.8 Å². The fourth-order valence-electron chi connectivity index (χ4n) is 1.85. The lowest BCUT2D eigenvalue weighted by atomic mass is 10.1. The summed E-state index contributed by atoms with van der Waals surface area (Å²) in [6.45, 7) is 6.49. The quantitative estimate of drug-likeness (QED) is 0.849. The van der Waals surface area contributed by atoms with Crippen molar-refractivity contribution in [3.05, 3.63) is 22.3 Å². The van der Waals surface area contributed by atoms with Crippen molar-refractivity contribution in [3.63, 3.8) is 0 Å². The Balaban J connectivity index is 2.09. The average Bonchev–Trinajstić information content (AvgIpc) is 2.79. The van der Waals surface area contributed by atoms with Gasteiger partial charge in [-0.3, -0.25) is 0 Å². The smallest absolute Gasteiger partial charge is 0.410 e. The summed E-state index contributed by atoms with van der Waals surface area (Å²) in [6.07, 6.45) is 1.62. The van der Waals surface area contributed by atoms with Crippen LogP contribution in [-0.2, 0) is 4.74 Å². The van der Waals surface area contributed by atoms with Crippen LogP contribution < -0.4 is 5.73 Å². The number of carbonyl (C=O) groups is 1. The first-order valence-corrected chi connectivity index (χ1v) is 7.01. The third kappa shape index (κ3) is 3.47. The molecule has 2 rings (SSSR count). The molecule has 2 N–H and O–H groups in total. The zero-order valence-corrected chi connectivity index (χ0v) is 13.3. The van der Waals surface area contributed by atoms with Crippen molar-refractivity contribution >= 4 is 33.4 Å². The van der Waals surface area contributed by atoms with Crippen LogP contribution in [0.3, 0.4) is 0 Å². The predicted octanol–water partition coefficient (Wildman–Crippen LogP) is 2.46. The Morgan fingerprint density at radius 3 is 2.80 bits per heavy atom. The van der Waals surface area contributed by atoms with Gasteiger partial charge >= 0.3 is 6.09 Å². The summed E-state index contributed by atoms with van der Waals surface area (Å²) >= 11 is 3.27. The Bertz CT molecular complexity index is 566. The number of nitrogen functional groups attached to an aromatic ring is 1. The molecule has 1 amide bonds. The minimum absolute atomic E-state index is 0.330. The molecule has 1 aliphatic heterocycles. The van der Waals surface area contributed by atoms with Crippen LogP contribution in [0.15, 0.2) is 16.7 Å². The van der Waals surface area contributed by atoms with Gasteiger partial charge in [0.05, 0.1) is 0 Å². The first kappa shape index (κ1) is 14.8. The van der Waals surface area contributed by atoms with Crippen molar-refractivity contribution in [1.29, 1.82) is 0 Å². The Hall–Kier alpha value is -1.63. The van der Waals surface area contributed by atoms with E-state index >= 15 is 0 Å². The first-order valence-electron chi connectivity index (χ1n) is 6.22. The number of hydrogen-bond acceptors (Lipinski definition) is 5. The van der Waals surface area contributed by atoms with E-state index < -0.39 is 5.60 Å². The highest BCUT2D eigenvalue weighted by Crippen LogP contribution is 2.27. The minimum Gasteiger partial charge on any atom is -0.444 e. The number of aromatic nitrogens is 2. The van der Waals surface area contributed by atoms with E-state index in [9.17, 15) is 4.79 Å². The molecule has 0 radical (unpaired) electrons. The van der Waals surface area contributed by atoms with Gasteiger partial charge in [0.1, 0.15) is 10.2 Å². The summed E-state index contributed by atoms with van der Waals surface area (Å²) in [5, 5.41) is 7.68. The summed E-state index contributed by atoms with van der Waals surface area (Å²) in [7, 11) is 0. The number of ether oxygens (including phenoxy) is 1. The second kappa shape index (κ2) is 5.40. The van der Waals surface area contributed by atoms with Gasteiger partial charge in [0.25, 0.3) is 0 Å². The minimum atomic E-state index is -0.500. The van der Waals surface area contributed by atoms with E-state index in [2.05, 4.69) is 26.1 Å². The predicted molar refractivity (Wildman–Crippen MR) is 79.9 cm³/mol. The first-order chi connectivity index (χ1) is 9.26. The van der Waals surface area contributed by atoms with E-state index in [1.54, 1.807) is 11.0 Å². The van der Waals surface area contributed by atoms with Gasteiger partial charge in [-0.25, -0.2) is 4.79 Å². The van der Waals surface area contributed by atoms with E-state index in [0.29, 0.717) is 23.5 Å². The molecule has 0 fully saturated rings. The van der Waals surface area contributed by atoms with Crippen LogP contribution in [0.4, 0.5) is 10.6 Å². The largest absolute Gasteiger partial charge is 0.444 e. The van der Waals surface area contributed by atoms with Crippen molar-refractivity contribution in [1.82, 2.24) is 15.1 Å². The monoisotopic (exact) mass is 340 g/mol. The van der Waals surface area contributed by atoms with Crippen LogP contribution in [0.1, 0.15) is 26.3 Å². The fraction of sp³-hybridized carbons (Fsp3) is 0.462. The highest BCUT2D eigenvalue weighted by atomic mass is 79.9. The second-order valence-corrected chi connectivity index (χ2v) is 6.37. The maximum absolute atomic E-state index is 12.0. The highest BCUT2D eigenvalue weighted by Gasteiger charge is 2.26. The van der Waals surface area contributed by atoms with Crippen molar-refractivity contribution in [3.8, 4) is 0 Å². The zero-order valence-electron chi connectivity index (χ0n) is 11.7. The van der Waals surface area contributed by atoms with Crippen LogP contribution in [0.2, 0.25) is 0 Å². The van der Waals surface area contributed by atoms with Crippen LogP contribution in [0, 0.1) is 0 Å². The zero-order chi connectivity index (χ0) is 14.9. The van der Waals surface area contributed by atoms with Crippen LogP contribution >= 0.6 is 15.9 Å². The highest BCUT2D eigenvalue weighted by molar-refractivity contribution is 9.10. The molecule has 2 heterocycles.